The van der Waals surface area contributed by atoms with Gasteiger partial charge in [-0.25, -0.2) is 0 Å². The van der Waals surface area contributed by atoms with Crippen molar-refractivity contribution in [3.05, 3.63) is 97.1 Å². The van der Waals surface area contributed by atoms with Gasteiger partial charge in [-0.05, 0) is 69.8 Å². The zero-order valence-electron chi connectivity index (χ0n) is 17.3. The summed E-state index contributed by atoms with van der Waals surface area (Å²) in [5.41, 5.74) is 2.50. The second-order valence-electron chi connectivity index (χ2n) is 8.44. The molecule has 0 unspecified atom stereocenters. The summed E-state index contributed by atoms with van der Waals surface area (Å²) in [4.78, 5) is 2.47. The fourth-order valence-corrected chi connectivity index (χ4v) is 5.01. The highest BCUT2D eigenvalue weighted by atomic mass is 15.2. The third-order valence-corrected chi connectivity index (χ3v) is 6.27. The van der Waals surface area contributed by atoms with Crippen molar-refractivity contribution in [3.63, 3.8) is 0 Å². The van der Waals surface area contributed by atoms with Crippen molar-refractivity contribution in [1.82, 2.24) is 0 Å². The summed E-state index contributed by atoms with van der Waals surface area (Å²) in [6.07, 6.45) is 0. The normalized spacial score (nSPS) is 12.0. The van der Waals surface area contributed by atoms with Crippen LogP contribution in [0.2, 0.25) is 0 Å². The number of rotatable bonds is 3. The van der Waals surface area contributed by atoms with E-state index in [1.165, 1.54) is 54.5 Å². The first-order chi connectivity index (χ1) is 14.7. The SMILES string of the molecule is CC(C)N(c1cc2ccc3cccc4ccc(c1)c2c34)c1cccc2ccccc12. The standard InChI is InChI=1S/C29H23N/c1-19(2)30(27-12-6-8-20-7-3-4-11-26(20)27)25-17-23-15-13-21-9-5-10-22-14-16-24(18-25)29(23)28(21)22/h3-19H,1-2H3. The van der Waals surface area contributed by atoms with Gasteiger partial charge in [-0.3, -0.25) is 0 Å². The molecule has 0 fully saturated rings. The Bertz CT molecular complexity index is 1460. The zero-order chi connectivity index (χ0) is 20.2. The molecule has 30 heavy (non-hydrogen) atoms. The molecule has 6 aromatic carbocycles. The Morgan fingerprint density at radius 2 is 1.07 bits per heavy atom. The van der Waals surface area contributed by atoms with E-state index in [4.69, 9.17) is 0 Å². The van der Waals surface area contributed by atoms with Gasteiger partial charge in [0.25, 0.3) is 0 Å². The Kier molecular flexibility index (Phi) is 3.73. The molecule has 6 aromatic rings. The summed E-state index contributed by atoms with van der Waals surface area (Å²) in [6, 6.07) is 35.9. The van der Waals surface area contributed by atoms with Crippen LogP contribution in [0.5, 0.6) is 0 Å². The molecule has 1 nitrogen and oxygen atoms in total. The molecule has 0 aliphatic rings. The van der Waals surface area contributed by atoms with Crippen molar-refractivity contribution >= 4 is 54.5 Å². The zero-order valence-corrected chi connectivity index (χ0v) is 17.3. The lowest BCUT2D eigenvalue weighted by molar-refractivity contribution is 0.792. The Morgan fingerprint density at radius 3 is 1.77 bits per heavy atom. The molecule has 1 heteroatoms. The molecule has 0 N–H and O–H groups in total. The average Bonchev–Trinajstić information content (AvgIpc) is 2.77. The molecule has 0 amide bonds. The van der Waals surface area contributed by atoms with E-state index in [1.807, 2.05) is 0 Å². The van der Waals surface area contributed by atoms with Gasteiger partial charge in [-0.2, -0.15) is 0 Å². The number of anilines is 2. The molecule has 0 bridgehead atoms. The Labute approximate surface area is 176 Å². The van der Waals surface area contributed by atoms with E-state index in [9.17, 15) is 0 Å². The van der Waals surface area contributed by atoms with E-state index in [0.29, 0.717) is 6.04 Å². The minimum absolute atomic E-state index is 0.337. The van der Waals surface area contributed by atoms with Crippen LogP contribution in [0, 0.1) is 0 Å². The smallest absolute Gasteiger partial charge is 0.0492 e. The van der Waals surface area contributed by atoms with Gasteiger partial charge >= 0.3 is 0 Å². The average molecular weight is 386 g/mol. The summed E-state index contributed by atoms with van der Waals surface area (Å²) >= 11 is 0. The van der Waals surface area contributed by atoms with Crippen molar-refractivity contribution in [3.8, 4) is 0 Å². The van der Waals surface area contributed by atoms with Crippen LogP contribution in [-0.4, -0.2) is 6.04 Å². The monoisotopic (exact) mass is 385 g/mol. The second-order valence-corrected chi connectivity index (χ2v) is 8.44. The van der Waals surface area contributed by atoms with Crippen molar-refractivity contribution in [2.45, 2.75) is 19.9 Å². The summed E-state index contributed by atoms with van der Waals surface area (Å²) < 4.78 is 0. The van der Waals surface area contributed by atoms with Gasteiger partial charge in [-0.15, -0.1) is 0 Å². The lowest BCUT2D eigenvalue weighted by atomic mass is 9.93. The second kappa shape index (κ2) is 6.47. The molecular formula is C29H23N. The van der Waals surface area contributed by atoms with Gasteiger partial charge in [0.15, 0.2) is 0 Å². The number of hydrogen-bond donors (Lipinski definition) is 0. The third kappa shape index (κ3) is 2.48. The Balaban J connectivity index is 1.65. The molecule has 0 heterocycles. The first-order valence-corrected chi connectivity index (χ1v) is 10.7. The summed E-state index contributed by atoms with van der Waals surface area (Å²) in [6.45, 7) is 4.54. The number of fused-ring (bicyclic) bond motifs is 1. The Morgan fingerprint density at radius 1 is 0.533 bits per heavy atom. The van der Waals surface area contributed by atoms with Gasteiger partial charge in [0.2, 0.25) is 0 Å². The van der Waals surface area contributed by atoms with E-state index in [1.54, 1.807) is 0 Å². The van der Waals surface area contributed by atoms with Crippen molar-refractivity contribution in [1.29, 1.82) is 0 Å². The van der Waals surface area contributed by atoms with Gasteiger partial charge in [0.1, 0.15) is 0 Å². The molecular weight excluding hydrogens is 362 g/mol. The quantitative estimate of drug-likeness (QED) is 0.277. The third-order valence-electron chi connectivity index (χ3n) is 6.27. The van der Waals surface area contributed by atoms with Gasteiger partial charge in [0, 0.05) is 22.8 Å². The van der Waals surface area contributed by atoms with E-state index >= 15 is 0 Å². The van der Waals surface area contributed by atoms with Crippen molar-refractivity contribution in [2.75, 3.05) is 4.90 Å². The first-order valence-electron chi connectivity index (χ1n) is 10.7. The van der Waals surface area contributed by atoms with Gasteiger partial charge in [0.05, 0.1) is 0 Å². The molecule has 0 saturated heterocycles. The maximum atomic E-state index is 2.47. The largest absolute Gasteiger partial charge is 0.338 e. The van der Waals surface area contributed by atoms with Gasteiger partial charge in [-0.1, -0.05) is 78.9 Å². The predicted octanol–water partition coefficient (Wildman–Crippen LogP) is 8.28. The molecule has 0 aromatic heterocycles. The maximum Gasteiger partial charge on any atom is 0.0492 e. The minimum atomic E-state index is 0.337. The van der Waals surface area contributed by atoms with Crippen LogP contribution in [0.3, 0.4) is 0 Å². The van der Waals surface area contributed by atoms with Crippen LogP contribution < -0.4 is 4.90 Å². The van der Waals surface area contributed by atoms with Crippen molar-refractivity contribution < 1.29 is 0 Å². The highest BCUT2D eigenvalue weighted by Gasteiger charge is 2.18. The molecule has 6 rings (SSSR count). The first kappa shape index (κ1) is 17.3. The van der Waals surface area contributed by atoms with E-state index < -0.39 is 0 Å². The van der Waals surface area contributed by atoms with Crippen LogP contribution in [-0.2, 0) is 0 Å². The molecule has 0 spiro atoms. The highest BCUT2D eigenvalue weighted by Crippen LogP contribution is 2.40. The number of hydrogen-bond acceptors (Lipinski definition) is 1. The molecule has 0 aliphatic heterocycles. The minimum Gasteiger partial charge on any atom is -0.338 e. The fourth-order valence-electron chi connectivity index (χ4n) is 5.01. The van der Waals surface area contributed by atoms with E-state index in [-0.39, 0.29) is 0 Å². The maximum absolute atomic E-state index is 2.47. The van der Waals surface area contributed by atoms with E-state index in [2.05, 4.69) is 116 Å². The summed E-state index contributed by atoms with van der Waals surface area (Å²) in [5.74, 6) is 0. The number of nitrogens with zero attached hydrogens (tertiary/aromatic N) is 1. The fraction of sp³-hybridized carbons (Fsp3) is 0.103. The molecule has 144 valence electrons. The van der Waals surface area contributed by atoms with Crippen LogP contribution in [0.25, 0.3) is 43.1 Å². The van der Waals surface area contributed by atoms with Gasteiger partial charge < -0.3 is 4.90 Å². The molecule has 0 aliphatic carbocycles. The summed E-state index contributed by atoms with van der Waals surface area (Å²) in [7, 11) is 0. The van der Waals surface area contributed by atoms with Crippen LogP contribution >= 0.6 is 0 Å². The molecule has 0 saturated carbocycles. The van der Waals surface area contributed by atoms with Crippen LogP contribution in [0.1, 0.15) is 13.8 Å². The lowest BCUT2D eigenvalue weighted by Crippen LogP contribution is -2.25. The molecule has 0 atom stereocenters. The topological polar surface area (TPSA) is 3.24 Å². The van der Waals surface area contributed by atoms with Crippen LogP contribution in [0.15, 0.2) is 97.1 Å². The highest BCUT2D eigenvalue weighted by molar-refractivity contribution is 6.23. The molecule has 0 radical (unpaired) electrons. The van der Waals surface area contributed by atoms with Crippen molar-refractivity contribution in [2.24, 2.45) is 0 Å². The lowest BCUT2D eigenvalue weighted by Gasteiger charge is -2.31. The number of benzene rings is 6. The van der Waals surface area contributed by atoms with Crippen LogP contribution in [0.4, 0.5) is 11.4 Å². The summed E-state index contributed by atoms with van der Waals surface area (Å²) in [5, 5.41) is 10.5. The van der Waals surface area contributed by atoms with E-state index in [0.717, 1.165) is 0 Å². The Hall–Kier alpha value is -3.58. The predicted molar refractivity (Wildman–Crippen MR) is 131 cm³/mol.